The second-order valence-corrected chi connectivity index (χ2v) is 4.99. The third kappa shape index (κ3) is 2.93. The van der Waals surface area contributed by atoms with Crippen LogP contribution in [0.25, 0.3) is 0 Å². The van der Waals surface area contributed by atoms with Crippen molar-refractivity contribution in [2.75, 3.05) is 5.32 Å². The molecule has 0 spiro atoms. The van der Waals surface area contributed by atoms with E-state index in [0.717, 1.165) is 22.6 Å². The first kappa shape index (κ1) is 13.5. The molecule has 0 aromatic carbocycles. The number of aromatic nitrogens is 1. The van der Waals surface area contributed by atoms with Gasteiger partial charge in [-0.05, 0) is 44.5 Å². The molecule has 2 aromatic heterocycles. The van der Waals surface area contributed by atoms with Gasteiger partial charge in [0.25, 0.3) is 0 Å². The first-order valence-electron chi connectivity index (χ1n) is 6.07. The summed E-state index contributed by atoms with van der Waals surface area (Å²) in [5, 5.41) is 3.30. The normalized spacial score (nSPS) is 12.2. The van der Waals surface area contributed by atoms with Gasteiger partial charge >= 0.3 is 0 Å². The number of thiocarbonyl (C=S) groups is 1. The van der Waals surface area contributed by atoms with Gasteiger partial charge in [0.05, 0.1) is 17.9 Å². The quantitative estimate of drug-likeness (QED) is 0.839. The van der Waals surface area contributed by atoms with Crippen LogP contribution in [0.3, 0.4) is 0 Å². The molecule has 2 heterocycles. The summed E-state index contributed by atoms with van der Waals surface area (Å²) >= 11 is 5.11. The first-order valence-corrected chi connectivity index (χ1v) is 6.48. The van der Waals surface area contributed by atoms with Crippen LogP contribution < -0.4 is 11.1 Å². The molecular weight excluding hydrogens is 258 g/mol. The second kappa shape index (κ2) is 5.40. The molecule has 4 nitrogen and oxygen atoms in total. The molecule has 0 fully saturated rings. The number of aryl methyl sites for hydroxylation is 2. The van der Waals surface area contributed by atoms with Crippen molar-refractivity contribution in [1.82, 2.24) is 4.98 Å². The zero-order chi connectivity index (χ0) is 14.0. The fourth-order valence-electron chi connectivity index (χ4n) is 2.07. The molecule has 0 aliphatic heterocycles. The SMILES string of the molecule is Cc1cc(C)c(C(N)=S)c(NC(C)c2ccco2)n1. The molecule has 19 heavy (non-hydrogen) atoms. The zero-order valence-corrected chi connectivity index (χ0v) is 12.0. The van der Waals surface area contributed by atoms with E-state index in [1.807, 2.05) is 39.0 Å². The Morgan fingerprint density at radius 1 is 1.47 bits per heavy atom. The van der Waals surface area contributed by atoms with Crippen LogP contribution in [0.15, 0.2) is 28.9 Å². The molecule has 0 amide bonds. The number of nitrogens with zero attached hydrogens (tertiary/aromatic N) is 1. The van der Waals surface area contributed by atoms with Gasteiger partial charge in [-0.25, -0.2) is 4.98 Å². The average molecular weight is 275 g/mol. The van der Waals surface area contributed by atoms with Crippen LogP contribution in [0.4, 0.5) is 5.82 Å². The minimum atomic E-state index is -0.00296. The fourth-order valence-corrected chi connectivity index (χ4v) is 2.32. The maximum absolute atomic E-state index is 5.79. The van der Waals surface area contributed by atoms with Gasteiger partial charge in [-0.15, -0.1) is 0 Å². The molecule has 1 unspecified atom stereocenters. The van der Waals surface area contributed by atoms with Crippen molar-refractivity contribution in [3.63, 3.8) is 0 Å². The Bertz CT molecular complexity index is 593. The molecule has 2 rings (SSSR count). The van der Waals surface area contributed by atoms with Crippen LogP contribution in [0, 0.1) is 13.8 Å². The van der Waals surface area contributed by atoms with Gasteiger partial charge in [-0.3, -0.25) is 0 Å². The summed E-state index contributed by atoms with van der Waals surface area (Å²) in [5.74, 6) is 1.55. The molecule has 2 aromatic rings. The summed E-state index contributed by atoms with van der Waals surface area (Å²) in [7, 11) is 0. The predicted octanol–water partition coefficient (Wildman–Crippen LogP) is 3.10. The molecule has 0 radical (unpaired) electrons. The van der Waals surface area contributed by atoms with Crippen LogP contribution in [-0.4, -0.2) is 9.97 Å². The molecule has 3 N–H and O–H groups in total. The lowest BCUT2D eigenvalue weighted by Crippen LogP contribution is -2.18. The summed E-state index contributed by atoms with van der Waals surface area (Å²) in [4.78, 5) is 4.83. The average Bonchev–Trinajstić information content (AvgIpc) is 2.80. The number of anilines is 1. The second-order valence-electron chi connectivity index (χ2n) is 4.55. The third-order valence-corrected chi connectivity index (χ3v) is 3.12. The Balaban J connectivity index is 2.36. The van der Waals surface area contributed by atoms with Crippen LogP contribution >= 0.6 is 12.2 Å². The summed E-state index contributed by atoms with van der Waals surface area (Å²) in [6, 6.07) is 5.74. The van der Waals surface area contributed by atoms with Crippen molar-refractivity contribution in [1.29, 1.82) is 0 Å². The van der Waals surface area contributed by atoms with Crippen molar-refractivity contribution < 1.29 is 4.42 Å². The Kier molecular flexibility index (Phi) is 3.85. The van der Waals surface area contributed by atoms with Gasteiger partial charge in [-0.2, -0.15) is 0 Å². The van der Waals surface area contributed by atoms with E-state index in [-0.39, 0.29) is 6.04 Å². The fraction of sp³-hybridized carbons (Fsp3) is 0.286. The van der Waals surface area contributed by atoms with E-state index in [1.54, 1.807) is 6.26 Å². The van der Waals surface area contributed by atoms with Gasteiger partial charge in [0, 0.05) is 5.69 Å². The topological polar surface area (TPSA) is 64.1 Å². The smallest absolute Gasteiger partial charge is 0.137 e. The zero-order valence-electron chi connectivity index (χ0n) is 11.2. The van der Waals surface area contributed by atoms with Gasteiger partial charge in [-0.1, -0.05) is 12.2 Å². The highest BCUT2D eigenvalue weighted by Gasteiger charge is 2.15. The van der Waals surface area contributed by atoms with E-state index < -0.39 is 0 Å². The van der Waals surface area contributed by atoms with E-state index in [4.69, 9.17) is 22.4 Å². The van der Waals surface area contributed by atoms with Crippen molar-refractivity contribution in [2.45, 2.75) is 26.8 Å². The minimum Gasteiger partial charge on any atom is -0.467 e. The number of rotatable bonds is 4. The maximum Gasteiger partial charge on any atom is 0.137 e. The molecule has 0 bridgehead atoms. The van der Waals surface area contributed by atoms with Gasteiger partial charge in [0.2, 0.25) is 0 Å². The lowest BCUT2D eigenvalue weighted by Gasteiger charge is -2.17. The number of hydrogen-bond donors (Lipinski definition) is 2. The molecule has 0 aliphatic rings. The summed E-state index contributed by atoms with van der Waals surface area (Å²) in [6.07, 6.45) is 1.65. The van der Waals surface area contributed by atoms with Crippen LogP contribution in [0.2, 0.25) is 0 Å². The highest BCUT2D eigenvalue weighted by atomic mass is 32.1. The van der Waals surface area contributed by atoms with Crippen molar-refractivity contribution >= 4 is 23.0 Å². The summed E-state index contributed by atoms with van der Waals surface area (Å²) in [5.41, 5.74) is 8.52. The predicted molar refractivity (Wildman–Crippen MR) is 80.3 cm³/mol. The van der Waals surface area contributed by atoms with Crippen molar-refractivity contribution in [3.8, 4) is 0 Å². The Morgan fingerprint density at radius 3 is 2.79 bits per heavy atom. The van der Waals surface area contributed by atoms with E-state index in [9.17, 15) is 0 Å². The molecule has 100 valence electrons. The van der Waals surface area contributed by atoms with Gasteiger partial charge < -0.3 is 15.5 Å². The van der Waals surface area contributed by atoms with Crippen LogP contribution in [-0.2, 0) is 0 Å². The number of nitrogens with one attached hydrogen (secondary N) is 1. The van der Waals surface area contributed by atoms with Crippen molar-refractivity contribution in [2.24, 2.45) is 5.73 Å². The van der Waals surface area contributed by atoms with Crippen LogP contribution in [0.5, 0.6) is 0 Å². The largest absolute Gasteiger partial charge is 0.467 e. The number of hydrogen-bond acceptors (Lipinski definition) is 4. The first-order chi connectivity index (χ1) is 8.99. The lowest BCUT2D eigenvalue weighted by atomic mass is 10.1. The molecule has 5 heteroatoms. The van der Waals surface area contributed by atoms with Gasteiger partial charge in [0.15, 0.2) is 0 Å². The highest BCUT2D eigenvalue weighted by Crippen LogP contribution is 2.24. The lowest BCUT2D eigenvalue weighted by molar-refractivity contribution is 0.490. The van der Waals surface area contributed by atoms with E-state index in [0.29, 0.717) is 10.8 Å². The molecule has 0 saturated heterocycles. The summed E-state index contributed by atoms with van der Waals surface area (Å²) < 4.78 is 5.37. The van der Waals surface area contributed by atoms with Crippen molar-refractivity contribution in [3.05, 3.63) is 47.0 Å². The Labute approximate surface area is 118 Å². The van der Waals surface area contributed by atoms with Gasteiger partial charge in [0.1, 0.15) is 16.6 Å². The summed E-state index contributed by atoms with van der Waals surface area (Å²) in [6.45, 7) is 5.92. The Hall–Kier alpha value is -1.88. The molecule has 0 aliphatic carbocycles. The number of nitrogens with two attached hydrogens (primary N) is 1. The minimum absolute atomic E-state index is 0.00296. The van der Waals surface area contributed by atoms with E-state index in [1.165, 1.54) is 0 Å². The van der Waals surface area contributed by atoms with E-state index >= 15 is 0 Å². The molecular formula is C14H17N3OS. The monoisotopic (exact) mass is 275 g/mol. The maximum atomic E-state index is 5.79. The highest BCUT2D eigenvalue weighted by molar-refractivity contribution is 7.80. The van der Waals surface area contributed by atoms with E-state index in [2.05, 4.69) is 10.3 Å². The number of pyridine rings is 1. The Morgan fingerprint density at radius 2 is 2.21 bits per heavy atom. The number of furan rings is 1. The standard InChI is InChI=1S/C14H17N3OS/c1-8-7-9(2)16-14(12(8)13(15)19)17-10(3)11-5-4-6-18-11/h4-7,10H,1-3H3,(H2,15,19)(H,16,17). The third-order valence-electron chi connectivity index (χ3n) is 2.91. The molecule has 1 atom stereocenters. The van der Waals surface area contributed by atoms with Crippen LogP contribution in [0.1, 0.15) is 35.5 Å². The molecule has 0 saturated carbocycles.